The molecule has 2 N–H and O–H groups in total. The van der Waals surface area contributed by atoms with Crippen molar-refractivity contribution < 1.29 is 103 Å². The maximum atomic E-state index is 14.5. The first kappa shape index (κ1) is 98.4. The number of nitrogens with one attached hydrogen (secondary N) is 2. The Kier molecular flexibility index (Phi) is 24.6. The van der Waals surface area contributed by atoms with Crippen LogP contribution in [-0.4, -0.2) is 40.1 Å². The number of carbonyl (C=O) groups is 6. The van der Waals surface area contributed by atoms with Crippen LogP contribution >= 0.6 is 69.4 Å². The maximum absolute atomic E-state index is 14.5. The topological polar surface area (TPSA) is 136 Å². The molecule has 2 amide bonds. The van der Waals surface area contributed by atoms with Gasteiger partial charge in [-0.2, -0.15) is 65.9 Å². The third-order valence-corrected chi connectivity index (χ3v) is 30.0. The maximum Gasteiger partial charge on any atom is 0.417 e. The molecule has 11 aromatic carbocycles. The Bertz CT molecular complexity index is 7740. The number of hydrogen-bond acceptors (Lipinski definition) is 13. The molecule has 11 nitrogen and oxygen atoms in total. The number of benzene rings is 11. The number of thiocarbonyl (C=S) groups is 1. The Balaban J connectivity index is 0.000000141. The largest absolute Gasteiger partial charge is 0.417 e. The SMILES string of the molecule is CC1(C)c2cc(-c3ccccc3C(F)(F)F)ccc2N(c2ccc(C(F)(F)F)cc2)c2sc(C=C3C(=O)c4c(F)ccc(F)c4C3=O)cc21.CC1(C)c2cc(-c3ccccc3C(F)(F)F)ccc2N(c2ccc(C(F)(F)F)cc2)c2sc(C=C3C(=O)c4cc(Cl)c(Cl)cc4C3=O)cc21.Cc1cc(C)c(-c2ccc3c(c2)C(C)(C)c2cc(C=C4C(=O)NC(=S)NC4=O)sc2N3c2ccc(C(F)(F)F)cc2)c(C)c1. The molecule has 0 saturated carbocycles. The quantitative estimate of drug-likeness (QED) is 0.0622. The number of nitrogens with zero attached hydrogens (tertiary/aromatic N) is 3. The molecular formula is C108H70Cl2F17N5O6S4. The van der Waals surface area contributed by atoms with E-state index >= 15 is 0 Å². The van der Waals surface area contributed by atoms with E-state index < -0.39 is 138 Å². The molecule has 20 rings (SSSR count). The Morgan fingerprint density at radius 3 is 0.958 bits per heavy atom. The van der Waals surface area contributed by atoms with Gasteiger partial charge in [-0.05, 0) is 293 Å². The molecule has 142 heavy (non-hydrogen) atoms. The van der Waals surface area contributed by atoms with Gasteiger partial charge in [-0.15, -0.1) is 34.0 Å². The number of hydrogen-bond donors (Lipinski definition) is 2. The second kappa shape index (κ2) is 35.4. The highest BCUT2D eigenvalue weighted by molar-refractivity contribution is 7.80. The van der Waals surface area contributed by atoms with Crippen molar-refractivity contribution >= 4 is 177 Å². The number of alkyl halides is 15. The normalized spacial score (nSPS) is 15.5. The Labute approximate surface area is 826 Å². The standard InChI is InChI=1S/C37H21Cl2F6NO2S.C37H21F8NO2S.C34H28F3N3O2S2/c1-35(2)27-13-18(22-5-3-4-6-26(22)37(43,44)45)7-12-31(27)46(20-10-8-19(9-11-20)36(40,41)42)34-28(35)15-21(49-34)14-25-32(47)23-16-29(38)30(39)17-24(23)33(25)48;1-35(2)25-15-18(22-5-3-4-6-24(22)37(43,44)45)7-14-29(25)46(20-10-8-19(9-11-20)36(40,41)42)34-26(35)17-21(49-34)16-23-32(47)30-27(38)12-13-28(39)31(30)33(23)48;1-17-12-18(2)28(19(3)13-17)20-6-11-27-25(14-20)33(4,5)26-16-23(15-24-29(41)38-32(43)39-30(24)42)44-31(26)40(27)22-9-7-21(8-10-22)34(35,36)37/h2*3-17H,1-2H3;6-16H,1-5H3,(H2,38,39,41,42,43). The molecule has 0 atom stereocenters. The molecule has 6 aliphatic rings. The molecule has 34 heteroatoms. The number of carbonyl (C=O) groups excluding carboxylic acids is 6. The second-order valence-corrected chi connectivity index (χ2v) is 40.4. The summed E-state index contributed by atoms with van der Waals surface area (Å²) in [6.45, 7) is 17.9. The molecular weight excluding hydrogens is 1990 g/mol. The molecule has 720 valence electrons. The molecule has 4 aliphatic heterocycles. The van der Waals surface area contributed by atoms with Crippen LogP contribution in [0, 0.1) is 32.4 Å². The number of anilines is 9. The van der Waals surface area contributed by atoms with Gasteiger partial charge in [0.15, 0.2) is 16.7 Å². The van der Waals surface area contributed by atoms with Gasteiger partial charge in [-0.3, -0.25) is 39.4 Å². The van der Waals surface area contributed by atoms with Crippen LogP contribution in [-0.2, 0) is 56.7 Å². The number of Topliss-reactive ketones (excluding diaryl/α,β-unsaturated/α-hetero) is 4. The lowest BCUT2D eigenvalue weighted by atomic mass is 9.74. The minimum absolute atomic E-state index is 0.0192. The number of ketones is 4. The number of aryl methyl sites for hydroxylation is 3. The van der Waals surface area contributed by atoms with Crippen LogP contribution in [0.25, 0.3) is 51.6 Å². The third kappa shape index (κ3) is 17.5. The molecule has 1 saturated heterocycles. The van der Waals surface area contributed by atoms with Crippen LogP contribution in [0.1, 0.15) is 175 Å². The van der Waals surface area contributed by atoms with Crippen LogP contribution in [0.15, 0.2) is 247 Å². The van der Waals surface area contributed by atoms with Crippen molar-refractivity contribution in [2.24, 2.45) is 0 Å². The molecule has 0 bridgehead atoms. The predicted molar refractivity (Wildman–Crippen MR) is 522 cm³/mol. The molecule has 14 aromatic rings. The zero-order chi connectivity index (χ0) is 102. The highest BCUT2D eigenvalue weighted by Gasteiger charge is 2.48. The number of thiophene rings is 3. The van der Waals surface area contributed by atoms with E-state index in [2.05, 4.69) is 69.5 Å². The highest BCUT2D eigenvalue weighted by atomic mass is 35.5. The summed E-state index contributed by atoms with van der Waals surface area (Å²) in [5.41, 5.74) is 5.55. The average molecular weight is 2060 g/mol. The third-order valence-electron chi connectivity index (χ3n) is 25.9. The fourth-order valence-corrected chi connectivity index (χ4v) is 23.4. The first-order valence-corrected chi connectivity index (χ1v) is 46.9. The zero-order valence-corrected chi connectivity index (χ0v) is 80.1. The minimum atomic E-state index is -4.64. The van der Waals surface area contributed by atoms with E-state index in [1.165, 1.54) is 137 Å². The summed E-state index contributed by atoms with van der Waals surface area (Å²) in [5, 5.41) is 6.99. The van der Waals surface area contributed by atoms with Gasteiger partial charge in [-0.25, -0.2) is 8.78 Å². The van der Waals surface area contributed by atoms with E-state index in [9.17, 15) is 103 Å². The summed E-state index contributed by atoms with van der Waals surface area (Å²) in [6.07, 6.45) is -18.7. The molecule has 0 spiro atoms. The van der Waals surface area contributed by atoms with Crippen LogP contribution in [0.2, 0.25) is 10.0 Å². The molecule has 3 aromatic heterocycles. The molecule has 2 aliphatic carbocycles. The van der Waals surface area contributed by atoms with Gasteiger partial charge in [0.1, 0.15) is 32.2 Å². The van der Waals surface area contributed by atoms with E-state index in [4.69, 9.17) is 35.4 Å². The predicted octanol–water partition coefficient (Wildman–Crippen LogP) is 32.0. The van der Waals surface area contributed by atoms with Crippen molar-refractivity contribution in [2.75, 3.05) is 14.7 Å². The van der Waals surface area contributed by atoms with Crippen LogP contribution in [0.3, 0.4) is 0 Å². The summed E-state index contributed by atoms with van der Waals surface area (Å²) in [7, 11) is 0. The van der Waals surface area contributed by atoms with Gasteiger partial charge in [0.05, 0.1) is 77.2 Å². The van der Waals surface area contributed by atoms with Gasteiger partial charge in [-0.1, -0.05) is 137 Å². The van der Waals surface area contributed by atoms with E-state index in [0.29, 0.717) is 80.9 Å². The zero-order valence-electron chi connectivity index (χ0n) is 75.3. The fraction of sp³-hybridized carbons (Fsp3) is 0.157. The summed E-state index contributed by atoms with van der Waals surface area (Å²) >= 11 is 20.8. The Morgan fingerprint density at radius 2 is 0.634 bits per heavy atom. The lowest BCUT2D eigenvalue weighted by Gasteiger charge is -2.40. The van der Waals surface area contributed by atoms with Gasteiger partial charge >= 0.3 is 30.9 Å². The van der Waals surface area contributed by atoms with E-state index in [-0.39, 0.29) is 54.1 Å². The number of allylic oxidation sites excluding steroid dienone is 2. The summed E-state index contributed by atoms with van der Waals surface area (Å²) in [5.74, 6) is -6.31. The Morgan fingerprint density at radius 1 is 0.331 bits per heavy atom. The highest BCUT2D eigenvalue weighted by Crippen LogP contribution is 2.62. The van der Waals surface area contributed by atoms with Crippen molar-refractivity contribution in [3.63, 3.8) is 0 Å². The van der Waals surface area contributed by atoms with Crippen molar-refractivity contribution in [1.29, 1.82) is 0 Å². The number of halogens is 19. The van der Waals surface area contributed by atoms with Crippen molar-refractivity contribution in [1.82, 2.24) is 10.6 Å². The van der Waals surface area contributed by atoms with Crippen molar-refractivity contribution in [2.45, 2.75) is 109 Å². The lowest BCUT2D eigenvalue weighted by molar-refractivity contribution is -0.138. The first-order valence-electron chi connectivity index (χ1n) is 43.3. The second-order valence-electron chi connectivity index (χ2n) is 36.0. The minimum Gasteiger partial charge on any atom is -0.301 e. The molecule has 0 unspecified atom stereocenters. The van der Waals surface area contributed by atoms with Gasteiger partial charge < -0.3 is 14.7 Å². The number of amides is 2. The first-order chi connectivity index (χ1) is 66.6. The van der Waals surface area contributed by atoms with E-state index in [1.807, 2.05) is 44.7 Å². The van der Waals surface area contributed by atoms with Crippen molar-refractivity contribution in [3.05, 3.63) is 384 Å². The molecule has 7 heterocycles. The van der Waals surface area contributed by atoms with E-state index in [0.717, 1.165) is 116 Å². The van der Waals surface area contributed by atoms with Crippen LogP contribution < -0.4 is 25.3 Å². The van der Waals surface area contributed by atoms with Gasteiger partial charge in [0.2, 0.25) is 11.6 Å². The number of rotatable bonds is 9. The summed E-state index contributed by atoms with van der Waals surface area (Å²) in [6, 6.07) is 54.1. The lowest BCUT2D eigenvalue weighted by Crippen LogP contribution is -2.51. The van der Waals surface area contributed by atoms with Crippen molar-refractivity contribution in [3.8, 4) is 33.4 Å². The summed E-state index contributed by atoms with van der Waals surface area (Å²) in [4.78, 5) is 84.9. The Hall–Kier alpha value is -13.8. The monoisotopic (exact) mass is 2050 g/mol. The smallest absolute Gasteiger partial charge is 0.301 e. The van der Waals surface area contributed by atoms with Crippen LogP contribution in [0.5, 0.6) is 0 Å². The van der Waals surface area contributed by atoms with Gasteiger partial charge in [0.25, 0.3) is 11.8 Å². The summed E-state index contributed by atoms with van der Waals surface area (Å²) < 4.78 is 234. The van der Waals surface area contributed by atoms with E-state index in [1.54, 1.807) is 52.3 Å². The average Bonchev–Trinajstić information content (AvgIpc) is 1.47. The van der Waals surface area contributed by atoms with Gasteiger partial charge in [0, 0.05) is 59.1 Å². The number of fused-ring (bicyclic) bond motifs is 8. The fourth-order valence-electron chi connectivity index (χ4n) is 19.0. The molecule has 1 fully saturated rings. The van der Waals surface area contributed by atoms with Crippen LogP contribution in [0.4, 0.5) is 124 Å². The molecule has 0 radical (unpaired) electrons.